The number of ether oxygens (including phenoxy) is 1. The zero-order valence-corrected chi connectivity index (χ0v) is 22.8. The van der Waals surface area contributed by atoms with Crippen LogP contribution in [-0.2, 0) is 15.9 Å². The second kappa shape index (κ2) is 12.1. The van der Waals surface area contributed by atoms with E-state index in [2.05, 4.69) is 5.32 Å². The third-order valence-electron chi connectivity index (χ3n) is 6.00. The molecule has 0 spiro atoms. The van der Waals surface area contributed by atoms with Crippen molar-refractivity contribution in [3.05, 3.63) is 94.5 Å². The summed E-state index contributed by atoms with van der Waals surface area (Å²) >= 11 is 0. The van der Waals surface area contributed by atoms with Crippen molar-refractivity contribution in [3.63, 3.8) is 0 Å². The van der Waals surface area contributed by atoms with Crippen LogP contribution in [0, 0.1) is 33.6 Å². The molecule has 0 radical (unpaired) electrons. The first-order valence-corrected chi connectivity index (χ1v) is 13.8. The van der Waals surface area contributed by atoms with Crippen LogP contribution in [0.4, 0.5) is 4.79 Å². The Balaban J connectivity index is 1.91. The van der Waals surface area contributed by atoms with Gasteiger partial charge in [0.05, 0.1) is 0 Å². The van der Waals surface area contributed by atoms with Gasteiger partial charge in [0.15, 0.2) is 5.78 Å². The molecule has 1 atom stereocenters. The minimum atomic E-state index is -3.96. The van der Waals surface area contributed by atoms with E-state index in [1.165, 1.54) is 0 Å². The van der Waals surface area contributed by atoms with Crippen LogP contribution in [0.25, 0.3) is 0 Å². The van der Waals surface area contributed by atoms with Crippen LogP contribution in [0.3, 0.4) is 0 Å². The van der Waals surface area contributed by atoms with Crippen molar-refractivity contribution in [2.45, 2.75) is 60.4 Å². The van der Waals surface area contributed by atoms with Gasteiger partial charge in [-0.05, 0) is 92.1 Å². The second-order valence-corrected chi connectivity index (χ2v) is 11.6. The van der Waals surface area contributed by atoms with Gasteiger partial charge in [0.1, 0.15) is 18.1 Å². The molecule has 1 N–H and O–H groups in total. The smallest absolute Gasteiger partial charge is 0.445 e. The van der Waals surface area contributed by atoms with Crippen LogP contribution in [0.5, 0.6) is 11.5 Å². The highest BCUT2D eigenvalue weighted by Crippen LogP contribution is 2.54. The van der Waals surface area contributed by atoms with E-state index >= 15 is 0 Å². The van der Waals surface area contributed by atoms with Crippen molar-refractivity contribution in [3.8, 4) is 11.5 Å². The van der Waals surface area contributed by atoms with Crippen LogP contribution in [0.15, 0.2) is 66.7 Å². The number of amides is 1. The van der Waals surface area contributed by atoms with Gasteiger partial charge in [-0.1, -0.05) is 56.3 Å². The molecule has 0 unspecified atom stereocenters. The first-order chi connectivity index (χ1) is 17.1. The average molecular weight is 510 g/mol. The number of nitrogens with one attached hydrogen (secondary N) is 1. The molecule has 0 fully saturated rings. The third kappa shape index (κ3) is 7.63. The first-order valence-electron chi connectivity index (χ1n) is 12.2. The Kier molecular flexibility index (Phi) is 9.22. The Morgan fingerprint density at radius 1 is 0.806 bits per heavy atom. The summed E-state index contributed by atoms with van der Waals surface area (Å²) in [6.45, 7) is 12.0. The monoisotopic (exact) mass is 509 g/mol. The number of hydrogen-bond acceptors (Lipinski definition) is 5. The van der Waals surface area contributed by atoms with Gasteiger partial charge in [-0.15, -0.1) is 0 Å². The van der Waals surface area contributed by atoms with Crippen molar-refractivity contribution in [2.75, 3.05) is 0 Å². The SMILES string of the molecule is Cc1ccc(OP(=O)(Oc2ccc(C)c(C)c2)[C@@H](CC(C)C)NC(=O)OCc2ccccc2)cc1C. The molecular weight excluding hydrogens is 473 g/mol. The van der Waals surface area contributed by atoms with Gasteiger partial charge < -0.3 is 19.1 Å². The largest absolute Gasteiger partial charge is 0.453 e. The van der Waals surface area contributed by atoms with Gasteiger partial charge in [0, 0.05) is 0 Å². The van der Waals surface area contributed by atoms with Gasteiger partial charge in [-0.25, -0.2) is 9.36 Å². The summed E-state index contributed by atoms with van der Waals surface area (Å²) in [7, 11) is -3.96. The van der Waals surface area contributed by atoms with Gasteiger partial charge in [-0.2, -0.15) is 0 Å². The van der Waals surface area contributed by atoms with Crippen molar-refractivity contribution < 1.29 is 23.1 Å². The van der Waals surface area contributed by atoms with E-state index in [-0.39, 0.29) is 12.5 Å². The van der Waals surface area contributed by atoms with Crippen LogP contribution < -0.4 is 14.4 Å². The molecule has 3 rings (SSSR count). The van der Waals surface area contributed by atoms with E-state index in [1.807, 2.05) is 96.1 Å². The summed E-state index contributed by atoms with van der Waals surface area (Å²) in [6, 6.07) is 20.4. The Bertz CT molecular complexity index is 1170. The molecule has 0 aliphatic carbocycles. The lowest BCUT2D eigenvalue weighted by Gasteiger charge is -2.29. The summed E-state index contributed by atoms with van der Waals surface area (Å²) in [5.41, 5.74) is 5.04. The van der Waals surface area contributed by atoms with Crippen molar-refractivity contribution in [1.82, 2.24) is 5.32 Å². The summed E-state index contributed by atoms with van der Waals surface area (Å²) in [6.07, 6.45) is -0.315. The molecule has 3 aromatic rings. The second-order valence-electron chi connectivity index (χ2n) is 9.57. The number of carbonyl (C=O) groups is 1. The number of aryl methyl sites for hydroxylation is 4. The molecule has 6 nitrogen and oxygen atoms in total. The quantitative estimate of drug-likeness (QED) is 0.282. The van der Waals surface area contributed by atoms with Crippen molar-refractivity contribution >= 4 is 13.7 Å². The lowest BCUT2D eigenvalue weighted by molar-refractivity contribution is 0.136. The number of benzene rings is 3. The highest BCUT2D eigenvalue weighted by molar-refractivity contribution is 7.55. The molecule has 192 valence electrons. The zero-order valence-electron chi connectivity index (χ0n) is 21.9. The molecule has 0 saturated carbocycles. The highest BCUT2D eigenvalue weighted by atomic mass is 31.2. The Hall–Kier alpha value is -3.24. The van der Waals surface area contributed by atoms with Crippen LogP contribution in [-0.4, -0.2) is 11.9 Å². The predicted octanol–water partition coefficient (Wildman–Crippen LogP) is 7.87. The van der Waals surface area contributed by atoms with Gasteiger partial charge in [-0.3, -0.25) is 0 Å². The molecule has 0 heterocycles. The average Bonchev–Trinajstić information content (AvgIpc) is 2.82. The molecule has 0 aromatic heterocycles. The molecule has 0 saturated heterocycles. The molecule has 1 amide bonds. The van der Waals surface area contributed by atoms with Gasteiger partial charge in [0.25, 0.3) is 0 Å². The molecule has 36 heavy (non-hydrogen) atoms. The maximum atomic E-state index is 14.5. The number of carbonyl (C=O) groups excluding carboxylic acids is 1. The highest BCUT2D eigenvalue weighted by Gasteiger charge is 2.41. The molecule has 0 aliphatic heterocycles. The fourth-order valence-electron chi connectivity index (χ4n) is 3.60. The summed E-state index contributed by atoms with van der Waals surface area (Å²) < 4.78 is 32.1. The standard InChI is InChI=1S/C29H36NO5P/c1-20(2)16-28(30-29(31)33-19-25-10-8-7-9-11-25)36(32,34-26-14-12-21(3)23(5)17-26)35-27-15-13-22(4)24(6)18-27/h7-15,17-18,20,28H,16,19H2,1-6H3,(H,30,31)/t28-/m0/s1. The fourth-order valence-corrected chi connectivity index (χ4v) is 5.65. The van der Waals surface area contributed by atoms with E-state index in [0.717, 1.165) is 27.8 Å². The molecular formula is C29H36NO5P. The molecule has 7 heteroatoms. The fraction of sp³-hybridized carbons (Fsp3) is 0.345. The minimum absolute atomic E-state index is 0.0986. The summed E-state index contributed by atoms with van der Waals surface area (Å²) in [4.78, 5) is 12.8. The van der Waals surface area contributed by atoms with Crippen LogP contribution in [0.1, 0.15) is 48.1 Å². The normalized spacial score (nSPS) is 12.2. The van der Waals surface area contributed by atoms with E-state index in [0.29, 0.717) is 17.9 Å². The number of rotatable bonds is 10. The Morgan fingerprint density at radius 2 is 1.33 bits per heavy atom. The zero-order chi connectivity index (χ0) is 26.3. The number of alkyl carbamates (subject to hydrolysis) is 1. The van der Waals surface area contributed by atoms with E-state index < -0.39 is 19.5 Å². The van der Waals surface area contributed by atoms with E-state index in [9.17, 15) is 9.36 Å². The Labute approximate surface area is 214 Å². The molecule has 3 aromatic carbocycles. The van der Waals surface area contributed by atoms with Crippen LogP contribution in [0.2, 0.25) is 0 Å². The third-order valence-corrected chi connectivity index (χ3v) is 8.03. The summed E-state index contributed by atoms with van der Waals surface area (Å²) in [5, 5.41) is 2.78. The summed E-state index contributed by atoms with van der Waals surface area (Å²) in [5.74, 6) is 0.00500. The number of hydrogen-bond donors (Lipinski definition) is 1. The van der Waals surface area contributed by atoms with Crippen molar-refractivity contribution in [1.29, 1.82) is 0 Å². The van der Waals surface area contributed by atoms with E-state index in [1.54, 1.807) is 12.1 Å². The maximum Gasteiger partial charge on any atom is 0.453 e. The maximum absolute atomic E-state index is 14.5. The molecule has 0 aliphatic rings. The van der Waals surface area contributed by atoms with Gasteiger partial charge >= 0.3 is 13.7 Å². The van der Waals surface area contributed by atoms with Crippen LogP contribution >= 0.6 is 7.60 Å². The minimum Gasteiger partial charge on any atom is -0.445 e. The Morgan fingerprint density at radius 3 is 1.81 bits per heavy atom. The first kappa shape index (κ1) is 27.3. The topological polar surface area (TPSA) is 73.9 Å². The van der Waals surface area contributed by atoms with Gasteiger partial charge in [0.2, 0.25) is 0 Å². The van der Waals surface area contributed by atoms with Crippen molar-refractivity contribution in [2.24, 2.45) is 5.92 Å². The lowest BCUT2D eigenvalue weighted by atomic mass is 10.1. The molecule has 0 bridgehead atoms. The lowest BCUT2D eigenvalue weighted by Crippen LogP contribution is -2.38. The van der Waals surface area contributed by atoms with E-state index in [4.69, 9.17) is 13.8 Å². The predicted molar refractivity (Wildman–Crippen MR) is 144 cm³/mol.